The Kier molecular flexibility index (Phi) is 3.69. The number of fused-ring (bicyclic) bond motifs is 1. The number of rotatable bonds is 4. The van der Waals surface area contributed by atoms with Gasteiger partial charge in [0.2, 0.25) is 0 Å². The molecule has 122 valence electrons. The van der Waals surface area contributed by atoms with Crippen molar-refractivity contribution in [2.24, 2.45) is 0 Å². The molecular weight excluding hydrogens is 305 g/mol. The van der Waals surface area contributed by atoms with Crippen LogP contribution in [0.1, 0.15) is 16.8 Å². The summed E-state index contributed by atoms with van der Waals surface area (Å²) in [5.41, 5.74) is 3.75. The molecule has 0 amide bonds. The molecule has 0 saturated heterocycles. The minimum absolute atomic E-state index is 0.274. The maximum absolute atomic E-state index is 14.2. The predicted molar refractivity (Wildman–Crippen MR) is 91.5 cm³/mol. The summed E-state index contributed by atoms with van der Waals surface area (Å²) >= 11 is 0. The first-order valence-corrected chi connectivity index (χ1v) is 7.99. The van der Waals surface area contributed by atoms with Crippen LogP contribution in [-0.2, 0) is 12.8 Å². The van der Waals surface area contributed by atoms with E-state index in [1.807, 2.05) is 24.3 Å². The minimum atomic E-state index is -0.274. The fraction of sp³-hybridized carbons (Fsp3) is 0.211. The zero-order valence-electron chi connectivity index (χ0n) is 13.4. The zero-order chi connectivity index (χ0) is 16.5. The Labute approximate surface area is 139 Å². The van der Waals surface area contributed by atoms with Gasteiger partial charge in [-0.2, -0.15) is 5.10 Å². The lowest BCUT2D eigenvalue weighted by molar-refractivity contribution is 0.414. The number of nitrogens with one attached hydrogen (secondary N) is 1. The summed E-state index contributed by atoms with van der Waals surface area (Å²) in [6, 6.07) is 14.7. The molecule has 0 aliphatic carbocycles. The highest BCUT2D eigenvalue weighted by Crippen LogP contribution is 2.31. The van der Waals surface area contributed by atoms with Crippen molar-refractivity contribution in [2.45, 2.75) is 12.8 Å². The van der Waals surface area contributed by atoms with Crippen molar-refractivity contribution < 1.29 is 9.13 Å². The molecule has 1 N–H and O–H groups in total. The second-order valence-corrected chi connectivity index (χ2v) is 5.84. The molecule has 4 rings (SSSR count). The number of para-hydroxylation sites is 1. The Morgan fingerprint density at radius 3 is 2.92 bits per heavy atom. The van der Waals surface area contributed by atoms with Crippen LogP contribution < -0.4 is 10.1 Å². The van der Waals surface area contributed by atoms with E-state index >= 15 is 0 Å². The van der Waals surface area contributed by atoms with E-state index in [0.717, 1.165) is 35.8 Å². The van der Waals surface area contributed by atoms with Gasteiger partial charge in [0.05, 0.1) is 12.8 Å². The second kappa shape index (κ2) is 6.00. The summed E-state index contributed by atoms with van der Waals surface area (Å²) in [5.74, 6) is 1.46. The number of methoxy groups -OCH3 is 1. The quantitative estimate of drug-likeness (QED) is 0.798. The van der Waals surface area contributed by atoms with Gasteiger partial charge in [-0.1, -0.05) is 24.3 Å². The molecule has 2 aromatic carbocycles. The first kappa shape index (κ1) is 14.8. The molecule has 2 heterocycles. The number of hydrogen-bond acceptors (Lipinski definition) is 3. The monoisotopic (exact) mass is 323 g/mol. The Morgan fingerprint density at radius 2 is 2.08 bits per heavy atom. The summed E-state index contributed by atoms with van der Waals surface area (Å²) in [7, 11) is 1.66. The van der Waals surface area contributed by atoms with Gasteiger partial charge in [-0.3, -0.25) is 0 Å². The number of halogens is 1. The van der Waals surface area contributed by atoms with Gasteiger partial charge in [0.25, 0.3) is 0 Å². The number of ether oxygens (including phenoxy) is 1. The van der Waals surface area contributed by atoms with Gasteiger partial charge in [-0.15, -0.1) is 0 Å². The topological polar surface area (TPSA) is 39.1 Å². The van der Waals surface area contributed by atoms with Crippen molar-refractivity contribution in [3.8, 4) is 11.4 Å². The summed E-state index contributed by atoms with van der Waals surface area (Å²) < 4.78 is 21.1. The largest absolute Gasteiger partial charge is 0.497 e. The van der Waals surface area contributed by atoms with E-state index < -0.39 is 0 Å². The van der Waals surface area contributed by atoms with Gasteiger partial charge in [0.1, 0.15) is 23.1 Å². The lowest BCUT2D eigenvalue weighted by atomic mass is 10.1. The first-order chi connectivity index (χ1) is 11.8. The van der Waals surface area contributed by atoms with Crippen molar-refractivity contribution in [3.05, 3.63) is 71.2 Å². The van der Waals surface area contributed by atoms with E-state index in [9.17, 15) is 4.39 Å². The molecule has 0 radical (unpaired) electrons. The third kappa shape index (κ3) is 2.52. The lowest BCUT2D eigenvalue weighted by Gasteiger charge is -2.07. The molecule has 0 atom stereocenters. The average molecular weight is 323 g/mol. The van der Waals surface area contributed by atoms with Gasteiger partial charge in [-0.05, 0) is 36.2 Å². The van der Waals surface area contributed by atoms with Crippen molar-refractivity contribution in [1.82, 2.24) is 9.78 Å². The van der Waals surface area contributed by atoms with Crippen molar-refractivity contribution >= 4 is 5.82 Å². The van der Waals surface area contributed by atoms with E-state index in [0.29, 0.717) is 12.1 Å². The molecule has 0 saturated carbocycles. The Hall–Kier alpha value is -2.82. The molecule has 1 aliphatic rings. The molecule has 0 bridgehead atoms. The molecule has 1 aromatic heterocycles. The Bertz CT molecular complexity index is 888. The van der Waals surface area contributed by atoms with Crippen LogP contribution in [0.15, 0.2) is 48.5 Å². The number of aromatic nitrogens is 2. The van der Waals surface area contributed by atoms with Crippen LogP contribution in [0.3, 0.4) is 0 Å². The van der Waals surface area contributed by atoms with E-state index in [2.05, 4.69) is 16.5 Å². The average Bonchev–Trinajstić information content (AvgIpc) is 3.20. The lowest BCUT2D eigenvalue weighted by Crippen LogP contribution is -2.06. The van der Waals surface area contributed by atoms with Crippen LogP contribution in [0, 0.1) is 5.82 Å². The SMILES string of the molecule is COc1cccc(Cc2nn(-c3ccccc3F)c3c2CCN3)c1. The van der Waals surface area contributed by atoms with E-state index in [1.165, 1.54) is 11.6 Å². The fourth-order valence-electron chi connectivity index (χ4n) is 3.16. The van der Waals surface area contributed by atoms with Crippen LogP contribution in [0.5, 0.6) is 5.75 Å². The van der Waals surface area contributed by atoms with Crippen LogP contribution >= 0.6 is 0 Å². The predicted octanol–water partition coefficient (Wildman–Crippen LogP) is 3.58. The standard InChI is InChI=1S/C19H18FN3O/c1-24-14-6-4-5-13(11-14)12-17-15-9-10-21-19(15)23(22-17)18-8-3-2-7-16(18)20/h2-8,11,21H,9-10,12H2,1H3. The Balaban J connectivity index is 1.75. The first-order valence-electron chi connectivity index (χ1n) is 7.99. The molecule has 0 spiro atoms. The molecule has 3 aromatic rings. The third-order valence-corrected chi connectivity index (χ3v) is 4.32. The normalized spacial score (nSPS) is 12.8. The summed E-state index contributed by atoms with van der Waals surface area (Å²) in [6.45, 7) is 0.854. The van der Waals surface area contributed by atoms with E-state index in [1.54, 1.807) is 23.9 Å². The number of hydrogen-bond donors (Lipinski definition) is 1. The van der Waals surface area contributed by atoms with Crippen LogP contribution in [-0.4, -0.2) is 23.4 Å². The van der Waals surface area contributed by atoms with Crippen molar-refractivity contribution in [2.75, 3.05) is 19.0 Å². The molecule has 24 heavy (non-hydrogen) atoms. The molecule has 0 fully saturated rings. The highest BCUT2D eigenvalue weighted by molar-refractivity contribution is 5.58. The maximum atomic E-state index is 14.2. The number of nitrogens with zero attached hydrogens (tertiary/aromatic N) is 2. The van der Waals surface area contributed by atoms with Gasteiger partial charge in [0.15, 0.2) is 0 Å². The van der Waals surface area contributed by atoms with Crippen molar-refractivity contribution in [1.29, 1.82) is 0 Å². The fourth-order valence-corrected chi connectivity index (χ4v) is 3.16. The smallest absolute Gasteiger partial charge is 0.148 e. The highest BCUT2D eigenvalue weighted by Gasteiger charge is 2.24. The second-order valence-electron chi connectivity index (χ2n) is 5.84. The molecule has 0 unspecified atom stereocenters. The Morgan fingerprint density at radius 1 is 1.21 bits per heavy atom. The summed E-state index contributed by atoms with van der Waals surface area (Å²) in [5, 5.41) is 8.02. The van der Waals surface area contributed by atoms with Gasteiger partial charge in [0, 0.05) is 18.5 Å². The van der Waals surface area contributed by atoms with Gasteiger partial charge in [-0.25, -0.2) is 9.07 Å². The van der Waals surface area contributed by atoms with E-state index in [-0.39, 0.29) is 5.82 Å². The molecular formula is C19H18FN3O. The zero-order valence-corrected chi connectivity index (χ0v) is 13.4. The van der Waals surface area contributed by atoms with Crippen LogP contribution in [0.2, 0.25) is 0 Å². The minimum Gasteiger partial charge on any atom is -0.497 e. The van der Waals surface area contributed by atoms with Crippen LogP contribution in [0.4, 0.5) is 10.2 Å². The van der Waals surface area contributed by atoms with Gasteiger partial charge >= 0.3 is 0 Å². The van der Waals surface area contributed by atoms with Gasteiger partial charge < -0.3 is 10.1 Å². The third-order valence-electron chi connectivity index (χ3n) is 4.32. The molecule has 1 aliphatic heterocycles. The number of anilines is 1. The highest BCUT2D eigenvalue weighted by atomic mass is 19.1. The number of benzene rings is 2. The molecule has 5 heteroatoms. The summed E-state index contributed by atoms with van der Waals surface area (Å²) in [4.78, 5) is 0. The van der Waals surface area contributed by atoms with E-state index in [4.69, 9.17) is 4.74 Å². The maximum Gasteiger partial charge on any atom is 0.148 e. The summed E-state index contributed by atoms with van der Waals surface area (Å²) in [6.07, 6.45) is 1.60. The molecule has 4 nitrogen and oxygen atoms in total. The van der Waals surface area contributed by atoms with Crippen molar-refractivity contribution in [3.63, 3.8) is 0 Å². The van der Waals surface area contributed by atoms with Crippen LogP contribution in [0.25, 0.3) is 5.69 Å².